The molecule has 9 nitrogen and oxygen atoms in total. The molecule has 0 radical (unpaired) electrons. The van der Waals surface area contributed by atoms with Gasteiger partial charge in [-0.05, 0) is 87.7 Å². The van der Waals surface area contributed by atoms with Gasteiger partial charge in [-0.3, -0.25) is 4.90 Å². The second-order valence-corrected chi connectivity index (χ2v) is 13.3. The summed E-state index contributed by atoms with van der Waals surface area (Å²) in [5, 5.41) is 27.2. The van der Waals surface area contributed by atoms with Gasteiger partial charge in [-0.1, -0.05) is 40.5 Å². The van der Waals surface area contributed by atoms with Crippen LogP contribution in [0.4, 0.5) is 27.3 Å². The molecule has 4 N–H and O–H groups in total. The largest absolute Gasteiger partial charge is 0.383 e. The number of fused-ring (bicyclic) bond motifs is 1. The van der Waals surface area contributed by atoms with Crippen LogP contribution in [0.3, 0.4) is 0 Å². The first kappa shape index (κ1) is 31.5. The van der Waals surface area contributed by atoms with Gasteiger partial charge in [-0.15, -0.1) is 5.10 Å². The fraction of sp³-hybridized carbons (Fsp3) is 0.294. The molecular formula is C34H34Cl2FN9. The van der Waals surface area contributed by atoms with Crippen LogP contribution in [0.5, 0.6) is 0 Å². The molecule has 0 bridgehead atoms. The number of nitrogens with one attached hydrogen (secondary N) is 2. The van der Waals surface area contributed by atoms with E-state index in [0.29, 0.717) is 27.3 Å². The first-order valence-corrected chi connectivity index (χ1v) is 15.8. The fourth-order valence-corrected chi connectivity index (χ4v) is 6.19. The van der Waals surface area contributed by atoms with E-state index in [2.05, 4.69) is 57.7 Å². The summed E-state index contributed by atoms with van der Waals surface area (Å²) in [5.41, 5.74) is 10.4. The molecule has 1 fully saturated rings. The number of nitrogens with zero attached hydrogens (tertiary/aromatic N) is 6. The van der Waals surface area contributed by atoms with Gasteiger partial charge in [0.25, 0.3) is 0 Å². The lowest BCUT2D eigenvalue weighted by Crippen LogP contribution is -2.46. The lowest BCUT2D eigenvalue weighted by atomic mass is 9.98. The Bertz CT molecular complexity index is 1920. The molecule has 6 rings (SSSR count). The van der Waals surface area contributed by atoms with Crippen molar-refractivity contribution in [1.82, 2.24) is 24.9 Å². The van der Waals surface area contributed by atoms with Crippen molar-refractivity contribution in [2.45, 2.75) is 51.2 Å². The molecule has 0 saturated carbocycles. The number of rotatable bonds is 7. The number of anilines is 4. The molecule has 12 heteroatoms. The predicted octanol–water partition coefficient (Wildman–Crippen LogP) is 8.11. The van der Waals surface area contributed by atoms with Gasteiger partial charge in [0.05, 0.1) is 34.5 Å². The highest BCUT2D eigenvalue weighted by atomic mass is 35.5. The smallest absolute Gasteiger partial charge is 0.144 e. The summed E-state index contributed by atoms with van der Waals surface area (Å²) in [6, 6.07) is 19.6. The molecule has 3 heterocycles. The average Bonchev–Trinajstić information content (AvgIpc) is 3.52. The fourth-order valence-electron chi connectivity index (χ4n) is 5.89. The Balaban J connectivity index is 1.35. The van der Waals surface area contributed by atoms with Crippen LogP contribution >= 0.6 is 23.2 Å². The van der Waals surface area contributed by atoms with Crippen LogP contribution in [0, 0.1) is 17.1 Å². The minimum Gasteiger partial charge on any atom is -0.383 e. The summed E-state index contributed by atoms with van der Waals surface area (Å²) in [4.78, 5) is 6.97. The van der Waals surface area contributed by atoms with Crippen molar-refractivity contribution < 1.29 is 4.39 Å². The molecule has 5 aromatic rings. The first-order chi connectivity index (χ1) is 22.0. The van der Waals surface area contributed by atoms with Crippen molar-refractivity contribution in [1.29, 1.82) is 5.26 Å². The minimum absolute atomic E-state index is 0.0456. The molecule has 3 aromatic carbocycles. The Labute approximate surface area is 277 Å². The number of hydrogen-bond acceptors (Lipinski definition) is 8. The molecular weight excluding hydrogens is 624 g/mol. The summed E-state index contributed by atoms with van der Waals surface area (Å²) < 4.78 is 15.9. The maximum absolute atomic E-state index is 13.9. The van der Waals surface area contributed by atoms with Gasteiger partial charge in [0.1, 0.15) is 29.0 Å². The third-order valence-electron chi connectivity index (χ3n) is 8.44. The van der Waals surface area contributed by atoms with Crippen LogP contribution in [0.15, 0.2) is 66.9 Å². The zero-order valence-corrected chi connectivity index (χ0v) is 27.2. The number of benzene rings is 3. The first-order valence-electron chi connectivity index (χ1n) is 15.0. The zero-order valence-electron chi connectivity index (χ0n) is 25.7. The van der Waals surface area contributed by atoms with E-state index in [0.717, 1.165) is 42.9 Å². The highest BCUT2D eigenvalue weighted by Gasteiger charge is 2.29. The summed E-state index contributed by atoms with van der Waals surface area (Å²) in [7, 11) is 0. The van der Waals surface area contributed by atoms with E-state index in [1.165, 1.54) is 12.1 Å². The lowest BCUT2D eigenvalue weighted by Gasteiger charge is -2.40. The Morgan fingerprint density at radius 2 is 1.74 bits per heavy atom. The van der Waals surface area contributed by atoms with Crippen molar-refractivity contribution >= 4 is 57.0 Å². The van der Waals surface area contributed by atoms with Crippen molar-refractivity contribution in [3.63, 3.8) is 0 Å². The van der Waals surface area contributed by atoms with Crippen LogP contribution in [0.25, 0.3) is 10.9 Å². The number of nitriles is 1. The number of hydrogen-bond donors (Lipinski definition) is 3. The Kier molecular flexibility index (Phi) is 8.75. The number of nitrogen functional groups attached to an aromatic ring is 1. The van der Waals surface area contributed by atoms with Gasteiger partial charge >= 0.3 is 0 Å². The van der Waals surface area contributed by atoms with Gasteiger partial charge in [0, 0.05) is 40.4 Å². The molecule has 236 valence electrons. The predicted molar refractivity (Wildman–Crippen MR) is 182 cm³/mol. The van der Waals surface area contributed by atoms with Gasteiger partial charge in [0.15, 0.2) is 0 Å². The van der Waals surface area contributed by atoms with Crippen molar-refractivity contribution in [3.05, 3.63) is 99.5 Å². The minimum atomic E-state index is -0.543. The van der Waals surface area contributed by atoms with Gasteiger partial charge in [0.2, 0.25) is 0 Å². The van der Waals surface area contributed by atoms with Crippen LogP contribution in [0.1, 0.15) is 62.5 Å². The zero-order chi connectivity index (χ0) is 32.6. The summed E-state index contributed by atoms with van der Waals surface area (Å²) in [6.45, 7) is 8.75. The van der Waals surface area contributed by atoms with E-state index in [1.54, 1.807) is 6.07 Å². The molecule has 0 amide bonds. The molecule has 2 aromatic heterocycles. The lowest BCUT2D eigenvalue weighted by molar-refractivity contribution is 0.0866. The highest BCUT2D eigenvalue weighted by molar-refractivity contribution is 6.31. The number of nitrogens with two attached hydrogens (primary N) is 1. The Morgan fingerprint density at radius 1 is 1.02 bits per heavy atom. The van der Waals surface area contributed by atoms with Crippen LogP contribution < -0.4 is 16.4 Å². The number of likely N-dealkylation sites (tertiary alicyclic amines) is 1. The molecule has 0 unspecified atom stereocenters. The van der Waals surface area contributed by atoms with Crippen molar-refractivity contribution in [3.8, 4) is 6.07 Å². The standard InChI is InChI=1S/C34H34Cl2FN9/c1-34(2,3)45-14-12-24(13-15-45)46-19-30(43-44-46)31(20-4-6-21(35)7-5-20)40-22-9-11-29-25(16-22)32(26(18-38)33(39)42-29)41-23-8-10-28(37)27(36)17-23/h4-11,16-17,19,24,31,40H,12-15H2,1-3H3,(H3,39,41,42)/t31-/m0/s1. The van der Waals surface area contributed by atoms with Crippen molar-refractivity contribution in [2.75, 3.05) is 29.5 Å². The third-order valence-corrected chi connectivity index (χ3v) is 8.98. The quantitative estimate of drug-likeness (QED) is 0.160. The maximum atomic E-state index is 13.9. The number of piperidine rings is 1. The van der Waals surface area contributed by atoms with E-state index < -0.39 is 5.82 Å². The van der Waals surface area contributed by atoms with Crippen LogP contribution in [-0.2, 0) is 0 Å². The molecule has 1 atom stereocenters. The highest BCUT2D eigenvalue weighted by Crippen LogP contribution is 2.36. The Morgan fingerprint density at radius 3 is 2.41 bits per heavy atom. The molecule has 1 aliphatic rings. The monoisotopic (exact) mass is 657 g/mol. The molecule has 46 heavy (non-hydrogen) atoms. The summed E-state index contributed by atoms with van der Waals surface area (Å²) in [5.74, 6) is -0.464. The number of pyridine rings is 1. The molecule has 0 spiro atoms. The molecule has 0 aliphatic carbocycles. The van der Waals surface area contributed by atoms with E-state index >= 15 is 0 Å². The average molecular weight is 659 g/mol. The van der Waals surface area contributed by atoms with Gasteiger partial charge in [-0.25, -0.2) is 14.1 Å². The van der Waals surface area contributed by atoms with E-state index in [1.807, 2.05) is 53.3 Å². The van der Waals surface area contributed by atoms with Gasteiger partial charge < -0.3 is 16.4 Å². The molecule has 1 aliphatic heterocycles. The summed E-state index contributed by atoms with van der Waals surface area (Å²) in [6.07, 6.45) is 4.01. The SMILES string of the molecule is CC(C)(C)N1CCC(n2cc([C@@H](Nc3ccc4nc(N)c(C#N)c(Nc5ccc(F)c(Cl)c5)c4c3)c3ccc(Cl)cc3)nn2)CC1. The van der Waals surface area contributed by atoms with E-state index in [-0.39, 0.29) is 34.0 Å². The van der Waals surface area contributed by atoms with E-state index in [9.17, 15) is 9.65 Å². The Hall–Kier alpha value is -4.43. The second-order valence-electron chi connectivity index (χ2n) is 12.5. The van der Waals surface area contributed by atoms with Crippen molar-refractivity contribution in [2.24, 2.45) is 0 Å². The molecule has 1 saturated heterocycles. The maximum Gasteiger partial charge on any atom is 0.144 e. The normalized spacial score (nSPS) is 15.1. The number of halogens is 3. The second kappa shape index (κ2) is 12.8. The van der Waals surface area contributed by atoms with Crippen LogP contribution in [-0.4, -0.2) is 43.5 Å². The van der Waals surface area contributed by atoms with Crippen LogP contribution in [0.2, 0.25) is 10.0 Å². The van der Waals surface area contributed by atoms with E-state index in [4.69, 9.17) is 28.9 Å². The summed E-state index contributed by atoms with van der Waals surface area (Å²) >= 11 is 12.3. The van der Waals surface area contributed by atoms with Gasteiger partial charge in [-0.2, -0.15) is 5.26 Å². The topological polar surface area (TPSA) is 121 Å². The number of aromatic nitrogens is 4. The third kappa shape index (κ3) is 6.58.